The second-order valence-corrected chi connectivity index (χ2v) is 12.9. The molecule has 0 N–H and O–H groups in total. The normalized spacial score (nSPS) is 48.5. The summed E-state index contributed by atoms with van der Waals surface area (Å²) >= 11 is 0. The molecular formula is C29H42O5. The summed E-state index contributed by atoms with van der Waals surface area (Å²) in [5.74, 6) is 1.67. The first-order chi connectivity index (χ1) is 16.1. The van der Waals surface area contributed by atoms with Crippen LogP contribution >= 0.6 is 0 Å². The molecule has 10 atom stereocenters. The summed E-state index contributed by atoms with van der Waals surface area (Å²) in [5, 5.41) is 0. The predicted molar refractivity (Wildman–Crippen MR) is 128 cm³/mol. The van der Waals surface area contributed by atoms with Gasteiger partial charge in [-0.25, -0.2) is 0 Å². The summed E-state index contributed by atoms with van der Waals surface area (Å²) in [4.78, 5) is 51.6. The van der Waals surface area contributed by atoms with E-state index in [1.165, 1.54) is 6.92 Å². The Morgan fingerprint density at radius 1 is 0.912 bits per heavy atom. The predicted octanol–water partition coefficient (Wildman–Crippen LogP) is 5.33. The van der Waals surface area contributed by atoms with Gasteiger partial charge in [-0.1, -0.05) is 20.3 Å². The van der Waals surface area contributed by atoms with Gasteiger partial charge >= 0.3 is 5.97 Å². The molecule has 5 heteroatoms. The number of Topliss-reactive ketones (excluding diaryl/α,β-unsaturated/α-hetero) is 3. The lowest BCUT2D eigenvalue weighted by atomic mass is 9.44. The van der Waals surface area contributed by atoms with E-state index in [0.717, 1.165) is 57.8 Å². The van der Waals surface area contributed by atoms with Crippen LogP contribution in [0.3, 0.4) is 0 Å². The number of carbonyl (C=O) groups is 4. The maximum absolute atomic E-state index is 14.0. The average molecular weight is 471 g/mol. The lowest BCUT2D eigenvalue weighted by Crippen LogP contribution is -2.57. The molecule has 0 spiro atoms. The van der Waals surface area contributed by atoms with Crippen LogP contribution in [0.5, 0.6) is 0 Å². The average Bonchev–Trinajstić information content (AvgIpc) is 3.09. The SMILES string of the molecule is CC(=O)OC1CCC2(C)C(CCC3C2CC(=O)C2(C)C3CC(C3CCCCC3=O)C2C(C)=O)C1. The fourth-order valence-corrected chi connectivity index (χ4v) is 9.96. The number of ketones is 3. The molecule has 5 nitrogen and oxygen atoms in total. The number of carbonyl (C=O) groups excluding carboxylic acids is 4. The van der Waals surface area contributed by atoms with Gasteiger partial charge in [-0.3, -0.25) is 19.2 Å². The van der Waals surface area contributed by atoms with E-state index in [9.17, 15) is 19.2 Å². The van der Waals surface area contributed by atoms with Crippen molar-refractivity contribution in [3.05, 3.63) is 0 Å². The van der Waals surface area contributed by atoms with Gasteiger partial charge in [0.25, 0.3) is 0 Å². The lowest BCUT2D eigenvalue weighted by Gasteiger charge is -2.60. The summed E-state index contributed by atoms with van der Waals surface area (Å²) < 4.78 is 5.58. The van der Waals surface area contributed by atoms with Crippen LogP contribution in [0, 0.1) is 52.3 Å². The molecule has 0 aromatic heterocycles. The minimum absolute atomic E-state index is 0.00644. The number of hydrogen-bond donors (Lipinski definition) is 0. The van der Waals surface area contributed by atoms with Crippen LogP contribution in [0.25, 0.3) is 0 Å². The Kier molecular flexibility index (Phi) is 6.08. The van der Waals surface area contributed by atoms with Gasteiger partial charge in [-0.05, 0) is 93.3 Å². The van der Waals surface area contributed by atoms with E-state index in [0.29, 0.717) is 36.4 Å². The molecule has 0 amide bonds. The second-order valence-electron chi connectivity index (χ2n) is 12.9. The molecule has 0 saturated heterocycles. The van der Waals surface area contributed by atoms with Gasteiger partial charge in [-0.2, -0.15) is 0 Å². The molecule has 0 radical (unpaired) electrons. The number of rotatable bonds is 3. The highest BCUT2D eigenvalue weighted by Gasteiger charge is 2.67. The zero-order chi connectivity index (χ0) is 24.4. The van der Waals surface area contributed by atoms with Crippen molar-refractivity contribution in [2.75, 3.05) is 0 Å². The first-order valence-corrected chi connectivity index (χ1v) is 13.8. The lowest BCUT2D eigenvalue weighted by molar-refractivity contribution is -0.167. The molecule has 5 fully saturated rings. The van der Waals surface area contributed by atoms with Gasteiger partial charge in [0.2, 0.25) is 0 Å². The molecule has 34 heavy (non-hydrogen) atoms. The molecule has 10 unspecified atom stereocenters. The second kappa shape index (κ2) is 8.55. The van der Waals surface area contributed by atoms with Crippen molar-refractivity contribution < 1.29 is 23.9 Å². The summed E-state index contributed by atoms with van der Waals surface area (Å²) in [6.45, 7) is 7.62. The molecule has 0 bridgehead atoms. The Hall–Kier alpha value is -1.52. The molecule has 5 aliphatic rings. The van der Waals surface area contributed by atoms with Gasteiger partial charge in [0.15, 0.2) is 0 Å². The zero-order valence-electron chi connectivity index (χ0n) is 21.4. The molecular weight excluding hydrogens is 428 g/mol. The Bertz CT molecular complexity index is 893. The Labute approximate surface area is 204 Å². The highest BCUT2D eigenvalue weighted by molar-refractivity contribution is 5.94. The molecule has 0 aliphatic heterocycles. The van der Waals surface area contributed by atoms with Crippen LogP contribution < -0.4 is 0 Å². The van der Waals surface area contributed by atoms with Crippen LogP contribution in [0.1, 0.15) is 98.3 Å². The number of fused-ring (bicyclic) bond motifs is 5. The van der Waals surface area contributed by atoms with E-state index in [1.54, 1.807) is 6.92 Å². The fourth-order valence-electron chi connectivity index (χ4n) is 9.96. The topological polar surface area (TPSA) is 77.5 Å². The minimum Gasteiger partial charge on any atom is -0.463 e. The maximum Gasteiger partial charge on any atom is 0.302 e. The highest BCUT2D eigenvalue weighted by atomic mass is 16.5. The smallest absolute Gasteiger partial charge is 0.302 e. The van der Waals surface area contributed by atoms with Crippen LogP contribution in [0.15, 0.2) is 0 Å². The third-order valence-corrected chi connectivity index (χ3v) is 11.5. The van der Waals surface area contributed by atoms with Gasteiger partial charge in [0, 0.05) is 37.0 Å². The van der Waals surface area contributed by atoms with E-state index >= 15 is 0 Å². The number of esters is 1. The first-order valence-electron chi connectivity index (χ1n) is 13.8. The number of ether oxygens (including phenoxy) is 1. The summed E-state index contributed by atoms with van der Waals surface area (Å²) in [5.41, 5.74) is -0.533. The van der Waals surface area contributed by atoms with Crippen LogP contribution in [-0.2, 0) is 23.9 Å². The van der Waals surface area contributed by atoms with Crippen molar-refractivity contribution in [2.24, 2.45) is 52.3 Å². The zero-order valence-corrected chi connectivity index (χ0v) is 21.4. The van der Waals surface area contributed by atoms with Gasteiger partial charge < -0.3 is 4.74 Å². The maximum atomic E-state index is 14.0. The van der Waals surface area contributed by atoms with Crippen LogP contribution in [-0.4, -0.2) is 29.4 Å². The van der Waals surface area contributed by atoms with Crippen molar-refractivity contribution in [1.82, 2.24) is 0 Å². The summed E-state index contributed by atoms with van der Waals surface area (Å²) in [7, 11) is 0. The summed E-state index contributed by atoms with van der Waals surface area (Å²) in [6.07, 6.45) is 9.94. The third kappa shape index (κ3) is 3.54. The van der Waals surface area contributed by atoms with E-state index in [4.69, 9.17) is 4.74 Å². The van der Waals surface area contributed by atoms with Gasteiger partial charge in [-0.15, -0.1) is 0 Å². The Balaban J connectivity index is 1.45. The van der Waals surface area contributed by atoms with Gasteiger partial charge in [0.05, 0.1) is 0 Å². The minimum atomic E-state index is -0.618. The van der Waals surface area contributed by atoms with E-state index in [2.05, 4.69) is 13.8 Å². The van der Waals surface area contributed by atoms with Crippen LogP contribution in [0.2, 0.25) is 0 Å². The monoisotopic (exact) mass is 470 g/mol. The Morgan fingerprint density at radius 2 is 1.68 bits per heavy atom. The van der Waals surface area contributed by atoms with E-state index in [-0.39, 0.29) is 52.7 Å². The van der Waals surface area contributed by atoms with Crippen LogP contribution in [0.4, 0.5) is 0 Å². The fraction of sp³-hybridized carbons (Fsp3) is 0.862. The third-order valence-electron chi connectivity index (χ3n) is 11.5. The molecule has 0 aromatic carbocycles. The van der Waals surface area contributed by atoms with Crippen molar-refractivity contribution in [2.45, 2.75) is 104 Å². The molecule has 188 valence electrons. The summed E-state index contributed by atoms with van der Waals surface area (Å²) in [6, 6.07) is 0. The molecule has 5 aliphatic carbocycles. The largest absolute Gasteiger partial charge is 0.463 e. The standard InChI is InChI=1S/C29H42O5/c1-16(30)27-22(20-7-5-6-8-25(20)32)14-24-21-10-9-18-13-19(34-17(2)31)11-12-28(18,3)23(21)15-26(33)29(24,27)4/h18-24,27H,5-15H2,1-4H3. The van der Waals surface area contributed by atoms with Gasteiger partial charge in [0.1, 0.15) is 23.5 Å². The Morgan fingerprint density at radius 3 is 2.35 bits per heavy atom. The molecule has 0 aromatic rings. The van der Waals surface area contributed by atoms with Crippen molar-refractivity contribution in [1.29, 1.82) is 0 Å². The van der Waals surface area contributed by atoms with Crippen molar-refractivity contribution in [3.63, 3.8) is 0 Å². The van der Waals surface area contributed by atoms with Crippen molar-refractivity contribution in [3.8, 4) is 0 Å². The first kappa shape index (κ1) is 24.2. The van der Waals surface area contributed by atoms with Crippen molar-refractivity contribution >= 4 is 23.3 Å². The molecule has 5 saturated carbocycles. The quantitative estimate of drug-likeness (QED) is 0.521. The molecule has 0 heterocycles. The highest BCUT2D eigenvalue weighted by Crippen LogP contribution is 2.68. The van der Waals surface area contributed by atoms with E-state index in [1.807, 2.05) is 0 Å². The number of hydrogen-bond acceptors (Lipinski definition) is 5. The van der Waals surface area contributed by atoms with E-state index < -0.39 is 5.41 Å². The molecule has 5 rings (SSSR count).